The summed E-state index contributed by atoms with van der Waals surface area (Å²) in [5.41, 5.74) is 10.7. The van der Waals surface area contributed by atoms with Gasteiger partial charge in [-0.05, 0) is 12.3 Å². The first-order valence-corrected chi connectivity index (χ1v) is 7.08. The molecule has 8 N–H and O–H groups in total. The Morgan fingerprint density at radius 2 is 1.57 bits per heavy atom. The minimum Gasteiger partial charge on any atom is -0.480 e. The second kappa shape index (κ2) is 9.74. The number of aliphatic carboxylic acids is 1. The fourth-order valence-electron chi connectivity index (χ4n) is 1.58. The van der Waals surface area contributed by atoms with E-state index >= 15 is 0 Å². The van der Waals surface area contributed by atoms with Crippen LogP contribution < -0.4 is 22.1 Å². The molecule has 0 fully saturated rings. The number of carboxylic acids is 1. The molecule has 0 aromatic heterocycles. The van der Waals surface area contributed by atoms with Gasteiger partial charge in [-0.1, -0.05) is 13.8 Å². The minimum absolute atomic E-state index is 0.116. The van der Waals surface area contributed by atoms with Gasteiger partial charge in [-0.3, -0.25) is 14.4 Å². The highest BCUT2D eigenvalue weighted by Gasteiger charge is 2.28. The summed E-state index contributed by atoms with van der Waals surface area (Å²) in [5, 5.41) is 22.2. The Bertz CT molecular complexity index is 454. The number of hydrogen-bond acceptors (Lipinski definition) is 6. The highest BCUT2D eigenvalue weighted by atomic mass is 16.4. The molecule has 0 saturated heterocycles. The molecule has 3 amide bonds. The molecule has 0 spiro atoms. The van der Waals surface area contributed by atoms with Crippen LogP contribution in [0.5, 0.6) is 0 Å². The van der Waals surface area contributed by atoms with Gasteiger partial charge >= 0.3 is 5.97 Å². The maximum Gasteiger partial charge on any atom is 0.328 e. The first-order chi connectivity index (χ1) is 10.6. The van der Waals surface area contributed by atoms with Crippen molar-refractivity contribution < 1.29 is 29.4 Å². The molecule has 132 valence electrons. The summed E-state index contributed by atoms with van der Waals surface area (Å²) in [6.07, 6.45) is -0.304. The molecule has 3 atom stereocenters. The van der Waals surface area contributed by atoms with Gasteiger partial charge in [-0.25, -0.2) is 4.79 Å². The number of primary amides is 1. The van der Waals surface area contributed by atoms with Crippen molar-refractivity contribution in [1.82, 2.24) is 10.6 Å². The zero-order chi connectivity index (χ0) is 18.2. The zero-order valence-electron chi connectivity index (χ0n) is 13.1. The van der Waals surface area contributed by atoms with Crippen LogP contribution in [0.25, 0.3) is 0 Å². The van der Waals surface area contributed by atoms with Gasteiger partial charge in [0, 0.05) is 6.42 Å². The Morgan fingerprint density at radius 1 is 1.04 bits per heavy atom. The first kappa shape index (κ1) is 20.8. The summed E-state index contributed by atoms with van der Waals surface area (Å²) in [4.78, 5) is 45.7. The lowest BCUT2D eigenvalue weighted by molar-refractivity contribution is -0.143. The molecule has 23 heavy (non-hydrogen) atoms. The number of aliphatic hydroxyl groups is 1. The molecular formula is C13H24N4O6. The van der Waals surface area contributed by atoms with Gasteiger partial charge in [0.1, 0.15) is 12.1 Å². The highest BCUT2D eigenvalue weighted by Crippen LogP contribution is 2.03. The van der Waals surface area contributed by atoms with Crippen LogP contribution in [0, 0.1) is 5.92 Å². The van der Waals surface area contributed by atoms with Crippen molar-refractivity contribution in [2.45, 2.75) is 44.8 Å². The van der Waals surface area contributed by atoms with Crippen molar-refractivity contribution in [3.05, 3.63) is 0 Å². The third-order valence-corrected chi connectivity index (χ3v) is 3.13. The van der Waals surface area contributed by atoms with Crippen LogP contribution >= 0.6 is 0 Å². The van der Waals surface area contributed by atoms with Crippen molar-refractivity contribution in [3.63, 3.8) is 0 Å². The molecular weight excluding hydrogens is 308 g/mol. The molecule has 0 aromatic rings. The summed E-state index contributed by atoms with van der Waals surface area (Å²) in [6, 6.07) is -3.57. The topological polar surface area (TPSA) is 185 Å². The first-order valence-electron chi connectivity index (χ1n) is 7.08. The Kier molecular flexibility index (Phi) is 8.81. The van der Waals surface area contributed by atoms with Gasteiger partial charge in [-0.15, -0.1) is 0 Å². The Morgan fingerprint density at radius 3 is 1.96 bits per heavy atom. The smallest absolute Gasteiger partial charge is 0.328 e. The minimum atomic E-state index is -1.52. The summed E-state index contributed by atoms with van der Waals surface area (Å²) < 4.78 is 0. The van der Waals surface area contributed by atoms with Gasteiger partial charge in [0.15, 0.2) is 0 Å². The molecule has 0 unspecified atom stereocenters. The van der Waals surface area contributed by atoms with Crippen LogP contribution in [0.15, 0.2) is 0 Å². The number of amides is 3. The predicted octanol–water partition coefficient (Wildman–Crippen LogP) is -2.72. The van der Waals surface area contributed by atoms with Crippen molar-refractivity contribution in [3.8, 4) is 0 Å². The van der Waals surface area contributed by atoms with E-state index in [-0.39, 0.29) is 18.8 Å². The summed E-state index contributed by atoms with van der Waals surface area (Å²) in [7, 11) is 0. The number of nitrogens with two attached hydrogens (primary N) is 2. The van der Waals surface area contributed by atoms with Gasteiger partial charge < -0.3 is 32.3 Å². The molecule has 10 nitrogen and oxygen atoms in total. The quantitative estimate of drug-likeness (QED) is 0.251. The number of carbonyl (C=O) groups excluding carboxylic acids is 3. The standard InChI is InChI=1S/C13H24N4O6/c1-6(2)10(15)12(21)16-7(3-4-9(14)19)11(20)17-8(5-18)13(22)23/h6-8,10,18H,3-5,15H2,1-2H3,(H2,14,19)(H,16,21)(H,17,20)(H,22,23)/t7-,8-,10-/m0/s1. The Balaban J connectivity index is 4.98. The lowest BCUT2D eigenvalue weighted by Crippen LogP contribution is -2.56. The van der Waals surface area contributed by atoms with E-state index in [0.717, 1.165) is 0 Å². The normalized spacial score (nSPS) is 14.7. The number of rotatable bonds is 10. The summed E-state index contributed by atoms with van der Waals surface area (Å²) in [5.74, 6) is -3.75. The van der Waals surface area contributed by atoms with E-state index in [4.69, 9.17) is 21.7 Å². The molecule has 0 heterocycles. The lowest BCUT2D eigenvalue weighted by atomic mass is 10.0. The van der Waals surface area contributed by atoms with Crippen molar-refractivity contribution >= 4 is 23.7 Å². The fraction of sp³-hybridized carbons (Fsp3) is 0.692. The second-order valence-electron chi connectivity index (χ2n) is 5.42. The fourth-order valence-corrected chi connectivity index (χ4v) is 1.58. The molecule has 10 heteroatoms. The molecule has 0 aliphatic rings. The van der Waals surface area contributed by atoms with Crippen LogP contribution in [-0.2, 0) is 19.2 Å². The number of hydrogen-bond donors (Lipinski definition) is 6. The molecule has 0 saturated carbocycles. The molecule has 0 radical (unpaired) electrons. The van der Waals surface area contributed by atoms with E-state index in [9.17, 15) is 19.2 Å². The second-order valence-corrected chi connectivity index (χ2v) is 5.42. The Hall–Kier alpha value is -2.20. The van der Waals surface area contributed by atoms with Crippen LogP contribution in [-0.4, -0.2) is 58.6 Å². The van der Waals surface area contributed by atoms with E-state index in [2.05, 4.69) is 10.6 Å². The number of aliphatic hydroxyl groups excluding tert-OH is 1. The third-order valence-electron chi connectivity index (χ3n) is 3.13. The highest BCUT2D eigenvalue weighted by molar-refractivity contribution is 5.92. The van der Waals surface area contributed by atoms with Crippen molar-refractivity contribution in [2.24, 2.45) is 17.4 Å². The van der Waals surface area contributed by atoms with Gasteiger partial charge in [0.25, 0.3) is 0 Å². The Labute approximate surface area is 133 Å². The van der Waals surface area contributed by atoms with E-state index in [0.29, 0.717) is 0 Å². The van der Waals surface area contributed by atoms with Gasteiger partial charge in [0.05, 0.1) is 12.6 Å². The summed E-state index contributed by atoms with van der Waals surface area (Å²) >= 11 is 0. The van der Waals surface area contributed by atoms with E-state index in [1.807, 2.05) is 0 Å². The molecule has 0 rings (SSSR count). The third kappa shape index (κ3) is 7.56. The van der Waals surface area contributed by atoms with Crippen molar-refractivity contribution in [2.75, 3.05) is 6.61 Å². The van der Waals surface area contributed by atoms with Crippen molar-refractivity contribution in [1.29, 1.82) is 0 Å². The maximum atomic E-state index is 12.1. The number of nitrogens with one attached hydrogen (secondary N) is 2. The predicted molar refractivity (Wildman–Crippen MR) is 79.8 cm³/mol. The molecule has 0 bridgehead atoms. The van der Waals surface area contributed by atoms with E-state index in [1.165, 1.54) is 0 Å². The largest absolute Gasteiger partial charge is 0.480 e. The van der Waals surface area contributed by atoms with Gasteiger partial charge in [0.2, 0.25) is 17.7 Å². The number of carboxylic acid groups (broad SMARTS) is 1. The van der Waals surface area contributed by atoms with Crippen LogP contribution in [0.2, 0.25) is 0 Å². The van der Waals surface area contributed by atoms with Gasteiger partial charge in [-0.2, -0.15) is 0 Å². The van der Waals surface area contributed by atoms with Crippen LogP contribution in [0.1, 0.15) is 26.7 Å². The molecule has 0 aromatic carbocycles. The van der Waals surface area contributed by atoms with E-state index < -0.39 is 48.4 Å². The SMILES string of the molecule is CC(C)[C@H](N)C(=O)N[C@@H](CCC(N)=O)C(=O)N[C@@H](CO)C(=O)O. The lowest BCUT2D eigenvalue weighted by Gasteiger charge is -2.23. The average molecular weight is 332 g/mol. The monoisotopic (exact) mass is 332 g/mol. The summed E-state index contributed by atoms with van der Waals surface area (Å²) in [6.45, 7) is 2.62. The zero-order valence-corrected chi connectivity index (χ0v) is 13.1. The van der Waals surface area contributed by atoms with Crippen LogP contribution in [0.4, 0.5) is 0 Å². The molecule has 0 aliphatic heterocycles. The number of carbonyl (C=O) groups is 4. The van der Waals surface area contributed by atoms with E-state index in [1.54, 1.807) is 13.8 Å². The van der Waals surface area contributed by atoms with Crippen LogP contribution in [0.3, 0.4) is 0 Å². The maximum absolute atomic E-state index is 12.1. The average Bonchev–Trinajstić information content (AvgIpc) is 2.46. The molecule has 0 aliphatic carbocycles.